The van der Waals surface area contributed by atoms with Gasteiger partial charge in [0.2, 0.25) is 5.91 Å². The van der Waals surface area contributed by atoms with Crippen molar-refractivity contribution < 1.29 is 14.7 Å². The molecule has 0 spiro atoms. The number of hydrogen-bond donors (Lipinski definition) is 1. The van der Waals surface area contributed by atoms with E-state index in [9.17, 15) is 9.59 Å². The van der Waals surface area contributed by atoms with Crippen molar-refractivity contribution in [3.05, 3.63) is 29.8 Å². The highest BCUT2D eigenvalue weighted by Crippen LogP contribution is 2.14. The molecule has 4 heteroatoms. The van der Waals surface area contributed by atoms with Gasteiger partial charge >= 0.3 is 5.97 Å². The van der Waals surface area contributed by atoms with E-state index in [0.29, 0.717) is 5.69 Å². The monoisotopic (exact) mass is 207 g/mol. The maximum absolute atomic E-state index is 11.4. The van der Waals surface area contributed by atoms with Crippen LogP contribution in [0.2, 0.25) is 0 Å². The van der Waals surface area contributed by atoms with Gasteiger partial charge in [-0.1, -0.05) is 17.7 Å². The molecule has 80 valence electrons. The second-order valence-corrected chi connectivity index (χ2v) is 3.36. The van der Waals surface area contributed by atoms with Crippen molar-refractivity contribution in [2.24, 2.45) is 0 Å². The van der Waals surface area contributed by atoms with Gasteiger partial charge in [-0.05, 0) is 19.1 Å². The smallest absolute Gasteiger partial charge is 0.312 e. The van der Waals surface area contributed by atoms with Gasteiger partial charge in [0.05, 0.1) is 0 Å². The fourth-order valence-corrected chi connectivity index (χ4v) is 1.16. The van der Waals surface area contributed by atoms with Gasteiger partial charge in [-0.2, -0.15) is 0 Å². The van der Waals surface area contributed by atoms with Gasteiger partial charge in [0.25, 0.3) is 0 Å². The number of amides is 1. The van der Waals surface area contributed by atoms with Crippen LogP contribution < -0.4 is 4.90 Å². The molecule has 0 saturated heterocycles. The van der Waals surface area contributed by atoms with Crippen molar-refractivity contribution in [1.82, 2.24) is 0 Å². The van der Waals surface area contributed by atoms with Crippen LogP contribution in [0.5, 0.6) is 0 Å². The fraction of sp³-hybridized carbons (Fsp3) is 0.273. The lowest BCUT2D eigenvalue weighted by atomic mass is 10.2. The zero-order valence-corrected chi connectivity index (χ0v) is 8.73. The molecule has 0 radical (unpaired) electrons. The minimum absolute atomic E-state index is 0.425. The number of anilines is 1. The lowest BCUT2D eigenvalue weighted by Crippen LogP contribution is -2.28. The van der Waals surface area contributed by atoms with E-state index >= 15 is 0 Å². The number of carbonyl (C=O) groups is 2. The summed E-state index contributed by atoms with van der Waals surface area (Å²) in [5.74, 6) is -1.54. The Bertz CT molecular complexity index is 370. The Hall–Kier alpha value is -1.84. The minimum Gasteiger partial charge on any atom is -0.481 e. The number of carboxylic acid groups (broad SMARTS) is 1. The zero-order valence-electron chi connectivity index (χ0n) is 8.73. The highest BCUT2D eigenvalue weighted by molar-refractivity contribution is 6.02. The van der Waals surface area contributed by atoms with Crippen LogP contribution in [0.15, 0.2) is 24.3 Å². The Kier molecular flexibility index (Phi) is 3.44. The van der Waals surface area contributed by atoms with E-state index in [4.69, 9.17) is 5.11 Å². The topological polar surface area (TPSA) is 57.6 Å². The summed E-state index contributed by atoms with van der Waals surface area (Å²) in [6.07, 6.45) is -0.482. The van der Waals surface area contributed by atoms with E-state index in [1.807, 2.05) is 19.1 Å². The highest BCUT2D eigenvalue weighted by Gasteiger charge is 2.13. The van der Waals surface area contributed by atoms with Gasteiger partial charge in [0.1, 0.15) is 6.42 Å². The van der Waals surface area contributed by atoms with E-state index in [1.54, 1.807) is 19.2 Å². The molecule has 0 aromatic heterocycles. The summed E-state index contributed by atoms with van der Waals surface area (Å²) in [6.45, 7) is 1.95. The molecule has 0 heterocycles. The molecule has 0 bridgehead atoms. The van der Waals surface area contributed by atoms with Crippen LogP contribution in [-0.4, -0.2) is 24.0 Å². The maximum Gasteiger partial charge on any atom is 0.312 e. The Morgan fingerprint density at radius 2 is 1.80 bits per heavy atom. The molecule has 0 saturated carbocycles. The second-order valence-electron chi connectivity index (χ2n) is 3.36. The Labute approximate surface area is 88.1 Å². The molecule has 1 aromatic rings. The number of nitrogens with zero attached hydrogens (tertiary/aromatic N) is 1. The maximum atomic E-state index is 11.4. The van der Waals surface area contributed by atoms with Gasteiger partial charge < -0.3 is 10.0 Å². The number of rotatable bonds is 3. The van der Waals surface area contributed by atoms with Crippen LogP contribution in [0.4, 0.5) is 5.69 Å². The average Bonchev–Trinajstić information content (AvgIpc) is 2.17. The van der Waals surface area contributed by atoms with E-state index in [0.717, 1.165) is 5.56 Å². The van der Waals surface area contributed by atoms with Crippen molar-refractivity contribution >= 4 is 17.6 Å². The molecule has 0 aliphatic carbocycles. The summed E-state index contributed by atoms with van der Waals surface area (Å²) in [5.41, 5.74) is 1.80. The van der Waals surface area contributed by atoms with Gasteiger partial charge in [0.15, 0.2) is 0 Å². The first-order valence-corrected chi connectivity index (χ1v) is 4.55. The van der Waals surface area contributed by atoms with Crippen LogP contribution in [-0.2, 0) is 9.59 Å². The summed E-state index contributed by atoms with van der Waals surface area (Å²) < 4.78 is 0. The van der Waals surface area contributed by atoms with Crippen molar-refractivity contribution in [2.75, 3.05) is 11.9 Å². The molecule has 1 N–H and O–H groups in total. The normalized spacial score (nSPS) is 9.73. The average molecular weight is 207 g/mol. The van der Waals surface area contributed by atoms with Crippen molar-refractivity contribution in [1.29, 1.82) is 0 Å². The molecule has 15 heavy (non-hydrogen) atoms. The summed E-state index contributed by atoms with van der Waals surface area (Å²) in [7, 11) is 1.57. The van der Waals surface area contributed by atoms with Crippen molar-refractivity contribution in [3.8, 4) is 0 Å². The predicted molar refractivity (Wildman–Crippen MR) is 56.8 cm³/mol. The summed E-state index contributed by atoms with van der Waals surface area (Å²) in [4.78, 5) is 23.1. The zero-order chi connectivity index (χ0) is 11.4. The third kappa shape index (κ3) is 3.09. The number of hydrogen-bond acceptors (Lipinski definition) is 2. The minimum atomic E-state index is -1.11. The first-order valence-electron chi connectivity index (χ1n) is 4.55. The molecule has 0 aliphatic heterocycles. The van der Waals surface area contributed by atoms with Crippen LogP contribution in [0, 0.1) is 6.92 Å². The molecule has 1 rings (SSSR count). The first-order chi connectivity index (χ1) is 7.00. The lowest BCUT2D eigenvalue weighted by Gasteiger charge is -2.16. The molecule has 1 aromatic carbocycles. The molecule has 1 amide bonds. The lowest BCUT2D eigenvalue weighted by molar-refractivity contribution is -0.140. The predicted octanol–water partition coefficient (Wildman–Crippen LogP) is 1.43. The third-order valence-electron chi connectivity index (χ3n) is 2.10. The second kappa shape index (κ2) is 4.59. The molecule has 4 nitrogen and oxygen atoms in total. The highest BCUT2D eigenvalue weighted by atomic mass is 16.4. The molecule has 0 aliphatic rings. The third-order valence-corrected chi connectivity index (χ3v) is 2.10. The molecule has 0 fully saturated rings. The Morgan fingerprint density at radius 3 is 2.27 bits per heavy atom. The summed E-state index contributed by atoms with van der Waals surface area (Å²) in [5, 5.41) is 8.48. The van der Waals surface area contributed by atoms with Crippen LogP contribution >= 0.6 is 0 Å². The molecule has 0 unspecified atom stereocenters. The Morgan fingerprint density at radius 1 is 1.27 bits per heavy atom. The van der Waals surface area contributed by atoms with Gasteiger partial charge in [-0.25, -0.2) is 0 Å². The van der Waals surface area contributed by atoms with Crippen molar-refractivity contribution in [2.45, 2.75) is 13.3 Å². The van der Waals surface area contributed by atoms with Crippen LogP contribution in [0.3, 0.4) is 0 Å². The van der Waals surface area contributed by atoms with E-state index in [2.05, 4.69) is 0 Å². The van der Waals surface area contributed by atoms with E-state index < -0.39 is 18.3 Å². The van der Waals surface area contributed by atoms with Gasteiger partial charge in [0, 0.05) is 12.7 Å². The number of carboxylic acids is 1. The van der Waals surface area contributed by atoms with E-state index in [-0.39, 0.29) is 0 Å². The number of aliphatic carboxylic acids is 1. The number of carbonyl (C=O) groups excluding carboxylic acids is 1. The molecular formula is C11H13NO3. The largest absolute Gasteiger partial charge is 0.481 e. The van der Waals surface area contributed by atoms with Gasteiger partial charge in [-0.3, -0.25) is 9.59 Å². The summed E-state index contributed by atoms with van der Waals surface area (Å²) >= 11 is 0. The Balaban J connectivity index is 2.76. The number of benzene rings is 1. The standard InChI is InChI=1S/C11H13NO3/c1-8-3-5-9(6-4-8)12(2)10(13)7-11(14)15/h3-6H,7H2,1-2H3,(H,14,15). The van der Waals surface area contributed by atoms with Gasteiger partial charge in [-0.15, -0.1) is 0 Å². The first kappa shape index (κ1) is 11.2. The quantitative estimate of drug-likeness (QED) is 0.763. The number of aryl methyl sites for hydroxylation is 1. The summed E-state index contributed by atoms with van der Waals surface area (Å²) in [6, 6.07) is 7.32. The van der Waals surface area contributed by atoms with Crippen molar-refractivity contribution in [3.63, 3.8) is 0 Å². The molecule has 0 atom stereocenters. The van der Waals surface area contributed by atoms with E-state index in [1.165, 1.54) is 4.90 Å². The fourth-order valence-electron chi connectivity index (χ4n) is 1.16. The molecular weight excluding hydrogens is 194 g/mol. The van der Waals surface area contributed by atoms with Crippen LogP contribution in [0.25, 0.3) is 0 Å². The SMILES string of the molecule is Cc1ccc(N(C)C(=O)CC(=O)O)cc1. The van der Waals surface area contributed by atoms with Crippen LogP contribution in [0.1, 0.15) is 12.0 Å².